The molecule has 0 aromatic heterocycles. The fourth-order valence-electron chi connectivity index (χ4n) is 5.01. The summed E-state index contributed by atoms with van der Waals surface area (Å²) in [5.74, 6) is 0.804. The highest BCUT2D eigenvalue weighted by atomic mass is 16.5. The van der Waals surface area contributed by atoms with Crippen molar-refractivity contribution in [2.75, 3.05) is 0 Å². The number of phenols is 2. The van der Waals surface area contributed by atoms with Gasteiger partial charge in [-0.1, -0.05) is 62.4 Å². The van der Waals surface area contributed by atoms with E-state index in [1.54, 1.807) is 72.8 Å². The summed E-state index contributed by atoms with van der Waals surface area (Å²) in [4.78, 5) is 25.4. The summed E-state index contributed by atoms with van der Waals surface area (Å²) in [5, 5.41) is 19.0. The van der Waals surface area contributed by atoms with Gasteiger partial charge in [-0.3, -0.25) is 0 Å². The van der Waals surface area contributed by atoms with Crippen LogP contribution in [-0.2, 0) is 12.8 Å². The number of carbonyl (C=O) groups is 2. The van der Waals surface area contributed by atoms with Gasteiger partial charge in [-0.05, 0) is 120 Å². The first-order valence-electron chi connectivity index (χ1n) is 14.5. The van der Waals surface area contributed by atoms with Crippen molar-refractivity contribution in [3.05, 3.63) is 155 Å². The van der Waals surface area contributed by atoms with Gasteiger partial charge in [0.05, 0.1) is 11.1 Å². The highest BCUT2D eigenvalue weighted by Gasteiger charge is 2.14. The maximum atomic E-state index is 12.7. The normalized spacial score (nSPS) is 12.2. The molecule has 222 valence electrons. The van der Waals surface area contributed by atoms with E-state index < -0.39 is 11.9 Å². The van der Waals surface area contributed by atoms with Crippen LogP contribution in [0.4, 0.5) is 0 Å². The van der Waals surface area contributed by atoms with Crippen LogP contribution < -0.4 is 9.47 Å². The molecule has 0 aliphatic rings. The molecule has 0 heterocycles. The minimum atomic E-state index is -0.521. The molecule has 0 amide bonds. The summed E-state index contributed by atoms with van der Waals surface area (Å²) in [6, 6.07) is 35.4. The van der Waals surface area contributed by atoms with Crippen LogP contribution >= 0.6 is 0 Å². The average Bonchev–Trinajstić information content (AvgIpc) is 3.04. The molecule has 5 rings (SSSR count). The summed E-state index contributed by atoms with van der Waals surface area (Å²) < 4.78 is 11.1. The molecule has 2 atom stereocenters. The number of esters is 2. The zero-order valence-electron chi connectivity index (χ0n) is 24.6. The van der Waals surface area contributed by atoms with Gasteiger partial charge in [0.25, 0.3) is 0 Å². The second-order valence-corrected chi connectivity index (χ2v) is 11.0. The summed E-state index contributed by atoms with van der Waals surface area (Å²) in [5.41, 5.74) is 5.11. The smallest absolute Gasteiger partial charge is 0.343 e. The first-order chi connectivity index (χ1) is 21.2. The molecule has 2 unspecified atom stereocenters. The van der Waals surface area contributed by atoms with E-state index in [0.29, 0.717) is 22.6 Å². The van der Waals surface area contributed by atoms with E-state index in [1.165, 1.54) is 0 Å². The van der Waals surface area contributed by atoms with Gasteiger partial charge in [-0.25, -0.2) is 9.59 Å². The van der Waals surface area contributed by atoms with Crippen molar-refractivity contribution in [1.29, 1.82) is 0 Å². The lowest BCUT2D eigenvalue weighted by Crippen LogP contribution is -2.11. The first kappa shape index (κ1) is 30.1. The highest BCUT2D eigenvalue weighted by Crippen LogP contribution is 2.26. The Morgan fingerprint density at radius 2 is 0.818 bits per heavy atom. The number of hydrogen-bond acceptors (Lipinski definition) is 6. The quantitative estimate of drug-likeness (QED) is 0.127. The SMILES string of the molecule is CC(Cc1ccc(O)cc1)c1ccc(OC(=O)c2ccc(C(=O)Oc3ccc(C(C)Cc4ccc(O)cc4)cc3)cc2)cc1. The lowest BCUT2D eigenvalue weighted by Gasteiger charge is -2.13. The van der Waals surface area contributed by atoms with Crippen LogP contribution in [0.3, 0.4) is 0 Å². The molecule has 0 bridgehead atoms. The van der Waals surface area contributed by atoms with Crippen molar-refractivity contribution >= 4 is 11.9 Å². The zero-order chi connectivity index (χ0) is 31.1. The molecular formula is C38H34O6. The van der Waals surface area contributed by atoms with E-state index in [-0.39, 0.29) is 23.3 Å². The van der Waals surface area contributed by atoms with Crippen LogP contribution in [0.2, 0.25) is 0 Å². The van der Waals surface area contributed by atoms with E-state index in [9.17, 15) is 19.8 Å². The predicted octanol–water partition coefficient (Wildman–Crippen LogP) is 8.23. The molecule has 6 nitrogen and oxygen atoms in total. The fraction of sp³-hybridized carbons (Fsp3) is 0.158. The van der Waals surface area contributed by atoms with Crippen LogP contribution in [0, 0.1) is 0 Å². The molecule has 0 radical (unpaired) electrons. The molecule has 5 aromatic carbocycles. The van der Waals surface area contributed by atoms with Gasteiger partial charge in [0, 0.05) is 0 Å². The fourth-order valence-corrected chi connectivity index (χ4v) is 5.01. The molecule has 2 N–H and O–H groups in total. The first-order valence-corrected chi connectivity index (χ1v) is 14.5. The number of ether oxygens (including phenoxy) is 2. The Bertz CT molecular complexity index is 1560. The van der Waals surface area contributed by atoms with E-state index >= 15 is 0 Å². The standard InChI is InChI=1S/C38H34O6/c1-25(23-27-3-15-33(39)16-4-27)29-11-19-35(20-12-29)43-37(41)31-7-9-32(10-8-31)38(42)44-36-21-13-30(14-22-36)26(2)24-28-5-17-34(40)18-6-28/h3-22,25-26,39-40H,23-24H2,1-2H3. The number of hydrogen-bond donors (Lipinski definition) is 2. The lowest BCUT2D eigenvalue weighted by atomic mass is 9.94. The van der Waals surface area contributed by atoms with Crippen molar-refractivity contribution in [1.82, 2.24) is 0 Å². The molecule has 5 aromatic rings. The lowest BCUT2D eigenvalue weighted by molar-refractivity contribution is 0.0720. The topological polar surface area (TPSA) is 93.1 Å². The van der Waals surface area contributed by atoms with E-state index in [0.717, 1.165) is 35.1 Å². The molecular weight excluding hydrogens is 552 g/mol. The molecule has 6 heteroatoms. The number of aromatic hydroxyl groups is 2. The van der Waals surface area contributed by atoms with Gasteiger partial charge < -0.3 is 19.7 Å². The molecule has 0 saturated heterocycles. The van der Waals surface area contributed by atoms with Gasteiger partial charge in [-0.15, -0.1) is 0 Å². The summed E-state index contributed by atoms with van der Waals surface area (Å²) in [6.07, 6.45) is 1.64. The molecule has 0 aliphatic carbocycles. The predicted molar refractivity (Wildman–Crippen MR) is 170 cm³/mol. The van der Waals surface area contributed by atoms with Gasteiger partial charge in [-0.2, -0.15) is 0 Å². The minimum absolute atomic E-state index is 0.245. The van der Waals surface area contributed by atoms with Crippen LogP contribution in [0.25, 0.3) is 0 Å². The van der Waals surface area contributed by atoms with Crippen molar-refractivity contribution in [2.45, 2.75) is 38.5 Å². The van der Waals surface area contributed by atoms with Gasteiger partial charge in [0.1, 0.15) is 23.0 Å². The Balaban J connectivity index is 1.12. The molecule has 44 heavy (non-hydrogen) atoms. The Morgan fingerprint density at radius 3 is 1.14 bits per heavy atom. The third-order valence-corrected chi connectivity index (χ3v) is 7.63. The monoisotopic (exact) mass is 586 g/mol. The van der Waals surface area contributed by atoms with E-state index in [2.05, 4.69) is 13.8 Å². The maximum Gasteiger partial charge on any atom is 0.343 e. The van der Waals surface area contributed by atoms with E-state index in [1.807, 2.05) is 48.5 Å². The Kier molecular flexibility index (Phi) is 9.40. The Labute approximate surface area is 257 Å². The van der Waals surface area contributed by atoms with Crippen molar-refractivity contribution in [3.8, 4) is 23.0 Å². The molecule has 0 saturated carbocycles. The average molecular weight is 587 g/mol. The Hall–Kier alpha value is -5.36. The van der Waals surface area contributed by atoms with Crippen LogP contribution in [-0.4, -0.2) is 22.2 Å². The van der Waals surface area contributed by atoms with Crippen molar-refractivity contribution in [3.63, 3.8) is 0 Å². The van der Waals surface area contributed by atoms with Gasteiger partial charge >= 0.3 is 11.9 Å². The molecule has 0 fully saturated rings. The number of rotatable bonds is 10. The van der Waals surface area contributed by atoms with Crippen LogP contribution in [0.1, 0.15) is 68.7 Å². The second-order valence-electron chi connectivity index (χ2n) is 11.0. The molecule has 0 spiro atoms. The summed E-state index contributed by atoms with van der Waals surface area (Å²) >= 11 is 0. The van der Waals surface area contributed by atoms with Crippen LogP contribution in [0.5, 0.6) is 23.0 Å². The number of carbonyl (C=O) groups excluding carboxylic acids is 2. The molecule has 0 aliphatic heterocycles. The third-order valence-electron chi connectivity index (χ3n) is 7.63. The Morgan fingerprint density at radius 1 is 0.500 bits per heavy atom. The summed E-state index contributed by atoms with van der Waals surface area (Å²) in [6.45, 7) is 4.24. The van der Waals surface area contributed by atoms with Gasteiger partial charge in [0.15, 0.2) is 0 Å². The third kappa shape index (κ3) is 7.92. The second kappa shape index (κ2) is 13.7. The van der Waals surface area contributed by atoms with Crippen LogP contribution in [0.15, 0.2) is 121 Å². The summed E-state index contributed by atoms with van der Waals surface area (Å²) in [7, 11) is 0. The van der Waals surface area contributed by atoms with E-state index in [4.69, 9.17) is 9.47 Å². The highest BCUT2D eigenvalue weighted by molar-refractivity contribution is 5.94. The number of benzene rings is 5. The van der Waals surface area contributed by atoms with Gasteiger partial charge in [0.2, 0.25) is 0 Å². The zero-order valence-corrected chi connectivity index (χ0v) is 24.6. The maximum absolute atomic E-state index is 12.7. The minimum Gasteiger partial charge on any atom is -0.508 e. The largest absolute Gasteiger partial charge is 0.508 e. The van der Waals surface area contributed by atoms with Crippen molar-refractivity contribution in [2.24, 2.45) is 0 Å². The number of phenolic OH excluding ortho intramolecular Hbond substituents is 2. The van der Waals surface area contributed by atoms with Crippen molar-refractivity contribution < 1.29 is 29.3 Å².